The van der Waals surface area contributed by atoms with E-state index in [1.165, 1.54) is 24.0 Å². The Morgan fingerprint density at radius 1 is 1.29 bits per heavy atom. The maximum Gasteiger partial charge on any atom is 0.122 e. The molecule has 1 aromatic carbocycles. The molecule has 0 saturated carbocycles. The standard InChI is InChI=1S/C19H31NO/c1-6-20-17(11-14(2)13-19(3,4)5)15-7-8-18-16(12-15)9-10-21-18/h7-8,12,14,17,20H,6,9-11,13H2,1-5H3. The van der Waals surface area contributed by atoms with Gasteiger partial charge in [-0.3, -0.25) is 0 Å². The predicted molar refractivity (Wildman–Crippen MR) is 89.9 cm³/mol. The Labute approximate surface area is 130 Å². The van der Waals surface area contributed by atoms with E-state index in [0.717, 1.165) is 31.2 Å². The maximum atomic E-state index is 5.62. The van der Waals surface area contributed by atoms with Gasteiger partial charge in [0.05, 0.1) is 6.61 Å². The molecule has 0 aliphatic carbocycles. The second kappa shape index (κ2) is 6.83. The van der Waals surface area contributed by atoms with Gasteiger partial charge >= 0.3 is 0 Å². The van der Waals surface area contributed by atoms with Crippen molar-refractivity contribution in [1.29, 1.82) is 0 Å². The lowest BCUT2D eigenvalue weighted by Gasteiger charge is -2.27. The number of nitrogens with one attached hydrogen (secondary N) is 1. The average molecular weight is 289 g/mol. The Morgan fingerprint density at radius 3 is 2.71 bits per heavy atom. The summed E-state index contributed by atoms with van der Waals surface area (Å²) in [6.45, 7) is 13.4. The highest BCUT2D eigenvalue weighted by atomic mass is 16.5. The molecule has 0 spiro atoms. The van der Waals surface area contributed by atoms with E-state index in [2.05, 4.69) is 58.1 Å². The smallest absolute Gasteiger partial charge is 0.122 e. The number of hydrogen-bond donors (Lipinski definition) is 1. The number of rotatable bonds is 6. The van der Waals surface area contributed by atoms with E-state index in [1.54, 1.807) is 0 Å². The van der Waals surface area contributed by atoms with Gasteiger partial charge in [-0.05, 0) is 47.9 Å². The highest BCUT2D eigenvalue weighted by Gasteiger charge is 2.21. The molecule has 0 bridgehead atoms. The average Bonchev–Trinajstić information content (AvgIpc) is 2.83. The molecule has 0 saturated heterocycles. The summed E-state index contributed by atoms with van der Waals surface area (Å²) in [6.07, 6.45) is 3.52. The molecule has 21 heavy (non-hydrogen) atoms. The van der Waals surface area contributed by atoms with E-state index < -0.39 is 0 Å². The zero-order valence-corrected chi connectivity index (χ0v) is 14.3. The lowest BCUT2D eigenvalue weighted by atomic mass is 9.82. The molecule has 0 radical (unpaired) electrons. The third-order valence-corrected chi connectivity index (χ3v) is 4.17. The summed E-state index contributed by atoms with van der Waals surface area (Å²) in [5, 5.41) is 3.67. The first-order valence-electron chi connectivity index (χ1n) is 8.38. The van der Waals surface area contributed by atoms with Crippen molar-refractivity contribution >= 4 is 0 Å². The molecule has 2 heteroatoms. The Balaban J connectivity index is 2.08. The minimum atomic E-state index is 0.405. The highest BCUT2D eigenvalue weighted by Crippen LogP contribution is 2.33. The van der Waals surface area contributed by atoms with Crippen molar-refractivity contribution in [3.05, 3.63) is 29.3 Å². The van der Waals surface area contributed by atoms with Crippen molar-refractivity contribution < 1.29 is 4.74 Å². The van der Waals surface area contributed by atoms with Gasteiger partial charge in [0, 0.05) is 12.5 Å². The SMILES string of the molecule is CCNC(CC(C)CC(C)(C)C)c1ccc2c(c1)CCO2. The molecule has 2 unspecified atom stereocenters. The van der Waals surface area contributed by atoms with Gasteiger partial charge in [-0.15, -0.1) is 0 Å². The molecule has 1 aromatic rings. The molecule has 2 atom stereocenters. The number of benzene rings is 1. The Morgan fingerprint density at radius 2 is 2.05 bits per heavy atom. The van der Waals surface area contributed by atoms with E-state index in [1.807, 2.05) is 0 Å². The van der Waals surface area contributed by atoms with Crippen LogP contribution in [-0.4, -0.2) is 13.2 Å². The molecule has 1 aliphatic rings. The molecule has 2 rings (SSSR count). The normalized spacial score (nSPS) is 17.2. The van der Waals surface area contributed by atoms with Gasteiger partial charge in [0.2, 0.25) is 0 Å². The zero-order valence-electron chi connectivity index (χ0n) is 14.3. The molecule has 1 N–H and O–H groups in total. The van der Waals surface area contributed by atoms with Gasteiger partial charge in [-0.1, -0.05) is 46.8 Å². The Hall–Kier alpha value is -1.02. The van der Waals surface area contributed by atoms with Gasteiger partial charge in [0.25, 0.3) is 0 Å². The van der Waals surface area contributed by atoms with Crippen molar-refractivity contribution in [1.82, 2.24) is 5.32 Å². The number of ether oxygens (including phenoxy) is 1. The molecule has 2 nitrogen and oxygen atoms in total. The van der Waals surface area contributed by atoms with Gasteiger partial charge in [-0.2, -0.15) is 0 Å². The van der Waals surface area contributed by atoms with Crippen LogP contribution in [0.3, 0.4) is 0 Å². The van der Waals surface area contributed by atoms with Crippen LogP contribution in [0.4, 0.5) is 0 Å². The van der Waals surface area contributed by atoms with E-state index in [-0.39, 0.29) is 0 Å². The van der Waals surface area contributed by atoms with Crippen LogP contribution in [0.15, 0.2) is 18.2 Å². The minimum Gasteiger partial charge on any atom is -0.493 e. The van der Waals surface area contributed by atoms with Crippen LogP contribution in [0, 0.1) is 11.3 Å². The minimum absolute atomic E-state index is 0.405. The second-order valence-electron chi connectivity index (χ2n) is 7.68. The van der Waals surface area contributed by atoms with Crippen LogP contribution in [0.1, 0.15) is 64.6 Å². The van der Waals surface area contributed by atoms with Gasteiger partial charge in [-0.25, -0.2) is 0 Å². The molecule has 1 heterocycles. The summed E-state index contributed by atoms with van der Waals surface area (Å²) in [4.78, 5) is 0. The lowest BCUT2D eigenvalue weighted by Crippen LogP contribution is -2.24. The summed E-state index contributed by atoms with van der Waals surface area (Å²) >= 11 is 0. The van der Waals surface area contributed by atoms with Crippen molar-refractivity contribution in [2.75, 3.05) is 13.2 Å². The largest absolute Gasteiger partial charge is 0.493 e. The fourth-order valence-corrected chi connectivity index (χ4v) is 3.54. The van der Waals surface area contributed by atoms with Crippen LogP contribution >= 0.6 is 0 Å². The summed E-state index contributed by atoms with van der Waals surface area (Å²) in [5.41, 5.74) is 3.20. The number of hydrogen-bond acceptors (Lipinski definition) is 2. The second-order valence-corrected chi connectivity index (χ2v) is 7.68. The Kier molecular flexibility index (Phi) is 5.32. The monoisotopic (exact) mass is 289 g/mol. The molecular formula is C19H31NO. The van der Waals surface area contributed by atoms with Crippen LogP contribution in [0.25, 0.3) is 0 Å². The molecule has 0 aromatic heterocycles. The van der Waals surface area contributed by atoms with E-state index in [0.29, 0.717) is 11.5 Å². The highest BCUT2D eigenvalue weighted by molar-refractivity contribution is 5.40. The van der Waals surface area contributed by atoms with E-state index in [4.69, 9.17) is 4.74 Å². The summed E-state index contributed by atoms with van der Waals surface area (Å²) in [6, 6.07) is 7.19. The lowest BCUT2D eigenvalue weighted by molar-refractivity contribution is 0.276. The Bertz CT molecular complexity index is 461. The molecule has 0 fully saturated rings. The van der Waals surface area contributed by atoms with Crippen molar-refractivity contribution in [3.63, 3.8) is 0 Å². The summed E-state index contributed by atoms with van der Waals surface area (Å²) in [7, 11) is 0. The van der Waals surface area contributed by atoms with Crippen molar-refractivity contribution in [3.8, 4) is 5.75 Å². The van der Waals surface area contributed by atoms with Gasteiger partial charge in [0.15, 0.2) is 0 Å². The predicted octanol–water partition coefficient (Wildman–Crippen LogP) is 4.73. The molecule has 1 aliphatic heterocycles. The fraction of sp³-hybridized carbons (Fsp3) is 0.684. The van der Waals surface area contributed by atoms with Crippen LogP contribution in [0.5, 0.6) is 5.75 Å². The van der Waals surface area contributed by atoms with Crippen LogP contribution in [0.2, 0.25) is 0 Å². The summed E-state index contributed by atoms with van der Waals surface area (Å²) < 4.78 is 5.62. The third kappa shape index (κ3) is 4.74. The first kappa shape index (κ1) is 16.4. The van der Waals surface area contributed by atoms with Gasteiger partial charge in [0.1, 0.15) is 5.75 Å². The maximum absolute atomic E-state index is 5.62. The van der Waals surface area contributed by atoms with Crippen molar-refractivity contribution in [2.24, 2.45) is 11.3 Å². The van der Waals surface area contributed by atoms with Crippen LogP contribution < -0.4 is 10.1 Å². The fourth-order valence-electron chi connectivity index (χ4n) is 3.54. The van der Waals surface area contributed by atoms with Crippen LogP contribution in [-0.2, 0) is 6.42 Å². The molecular weight excluding hydrogens is 258 g/mol. The quantitative estimate of drug-likeness (QED) is 0.817. The van der Waals surface area contributed by atoms with E-state index >= 15 is 0 Å². The number of fused-ring (bicyclic) bond motifs is 1. The molecule has 0 amide bonds. The van der Waals surface area contributed by atoms with Gasteiger partial charge < -0.3 is 10.1 Å². The van der Waals surface area contributed by atoms with E-state index in [9.17, 15) is 0 Å². The topological polar surface area (TPSA) is 21.3 Å². The molecule has 118 valence electrons. The van der Waals surface area contributed by atoms with Crippen molar-refractivity contribution in [2.45, 2.75) is 59.9 Å². The first-order valence-corrected chi connectivity index (χ1v) is 8.38. The third-order valence-electron chi connectivity index (χ3n) is 4.17. The summed E-state index contributed by atoms with van der Waals surface area (Å²) in [5.74, 6) is 1.80. The first-order chi connectivity index (χ1) is 9.89. The zero-order chi connectivity index (χ0) is 15.5.